The molecule has 0 aromatic rings. The first-order valence-corrected chi connectivity index (χ1v) is 7.45. The third-order valence-electron chi connectivity index (χ3n) is 4.99. The van der Waals surface area contributed by atoms with Crippen molar-refractivity contribution >= 4 is 0 Å². The maximum absolute atomic E-state index is 5.66. The van der Waals surface area contributed by atoms with Crippen LogP contribution in [0.4, 0.5) is 0 Å². The fourth-order valence-corrected chi connectivity index (χ4v) is 3.98. The van der Waals surface area contributed by atoms with Crippen LogP contribution < -0.4 is 10.6 Å². The Morgan fingerprint density at radius 3 is 2.71 bits per heavy atom. The van der Waals surface area contributed by atoms with E-state index in [0.717, 1.165) is 24.6 Å². The molecule has 0 aromatic carbocycles. The molecule has 0 radical (unpaired) electrons. The van der Waals surface area contributed by atoms with E-state index in [1.807, 2.05) is 0 Å². The predicted octanol–water partition coefficient (Wildman–Crippen LogP) is 1.67. The summed E-state index contributed by atoms with van der Waals surface area (Å²) in [6.45, 7) is 4.39. The lowest BCUT2D eigenvalue weighted by atomic mass is 9.92. The molecular formula is C14H26N2O. The summed E-state index contributed by atoms with van der Waals surface area (Å²) in [6, 6.07) is 2.12. The van der Waals surface area contributed by atoms with Crippen molar-refractivity contribution in [2.24, 2.45) is 5.92 Å². The van der Waals surface area contributed by atoms with Gasteiger partial charge in [0.25, 0.3) is 0 Å². The summed E-state index contributed by atoms with van der Waals surface area (Å²) in [5, 5.41) is 7.58. The van der Waals surface area contributed by atoms with Crippen LogP contribution in [0.1, 0.15) is 45.4 Å². The lowest BCUT2D eigenvalue weighted by molar-refractivity contribution is 0.108. The largest absolute Gasteiger partial charge is 0.377 e. The summed E-state index contributed by atoms with van der Waals surface area (Å²) in [5.41, 5.74) is 0. The molecular weight excluding hydrogens is 212 g/mol. The van der Waals surface area contributed by atoms with E-state index in [0.29, 0.717) is 12.1 Å². The van der Waals surface area contributed by atoms with Crippen LogP contribution in [-0.2, 0) is 4.74 Å². The van der Waals surface area contributed by atoms with E-state index in [2.05, 4.69) is 17.6 Å². The summed E-state index contributed by atoms with van der Waals surface area (Å²) in [4.78, 5) is 0. The predicted molar refractivity (Wildman–Crippen MR) is 69.1 cm³/mol. The van der Waals surface area contributed by atoms with Crippen LogP contribution in [0.2, 0.25) is 0 Å². The molecule has 2 heterocycles. The van der Waals surface area contributed by atoms with Crippen molar-refractivity contribution in [1.29, 1.82) is 0 Å². The monoisotopic (exact) mass is 238 g/mol. The normalized spacial score (nSPS) is 46.8. The van der Waals surface area contributed by atoms with Gasteiger partial charge in [0, 0.05) is 24.7 Å². The lowest BCUT2D eigenvalue weighted by Crippen LogP contribution is -2.48. The molecule has 2 saturated heterocycles. The van der Waals surface area contributed by atoms with Gasteiger partial charge in [-0.3, -0.25) is 0 Å². The van der Waals surface area contributed by atoms with Crippen molar-refractivity contribution < 1.29 is 4.74 Å². The Morgan fingerprint density at radius 2 is 2.00 bits per heavy atom. The highest BCUT2D eigenvalue weighted by atomic mass is 16.5. The summed E-state index contributed by atoms with van der Waals surface area (Å²) < 4.78 is 5.66. The third-order valence-corrected chi connectivity index (χ3v) is 4.99. The average Bonchev–Trinajstić information content (AvgIpc) is 3.02. The molecule has 3 heteroatoms. The highest BCUT2D eigenvalue weighted by molar-refractivity contribution is 4.95. The molecule has 2 aliphatic heterocycles. The molecule has 1 aliphatic carbocycles. The molecule has 5 atom stereocenters. The topological polar surface area (TPSA) is 33.3 Å². The molecule has 1 saturated carbocycles. The van der Waals surface area contributed by atoms with Gasteiger partial charge < -0.3 is 15.4 Å². The molecule has 5 unspecified atom stereocenters. The Bertz CT molecular complexity index is 253. The molecule has 17 heavy (non-hydrogen) atoms. The minimum Gasteiger partial charge on any atom is -0.377 e. The number of nitrogens with one attached hydrogen (secondary N) is 2. The van der Waals surface area contributed by atoms with E-state index in [9.17, 15) is 0 Å². The maximum Gasteiger partial charge on any atom is 0.0700 e. The molecule has 98 valence electrons. The fourth-order valence-electron chi connectivity index (χ4n) is 3.98. The molecule has 0 bridgehead atoms. The van der Waals surface area contributed by atoms with Crippen LogP contribution in [0.3, 0.4) is 0 Å². The zero-order valence-electron chi connectivity index (χ0n) is 11.0. The summed E-state index contributed by atoms with van der Waals surface area (Å²) >= 11 is 0. The van der Waals surface area contributed by atoms with Gasteiger partial charge in [0.15, 0.2) is 0 Å². The Hall–Kier alpha value is -0.120. The van der Waals surface area contributed by atoms with Crippen molar-refractivity contribution in [2.45, 2.75) is 69.7 Å². The second-order valence-electron chi connectivity index (χ2n) is 6.04. The quantitative estimate of drug-likeness (QED) is 0.785. The molecule has 3 nitrogen and oxygen atoms in total. The second kappa shape index (κ2) is 5.25. The van der Waals surface area contributed by atoms with Crippen molar-refractivity contribution in [2.75, 3.05) is 13.2 Å². The highest BCUT2D eigenvalue weighted by Gasteiger charge is 2.37. The van der Waals surface area contributed by atoms with Gasteiger partial charge in [-0.05, 0) is 51.5 Å². The van der Waals surface area contributed by atoms with Gasteiger partial charge in [-0.15, -0.1) is 0 Å². The van der Waals surface area contributed by atoms with Gasteiger partial charge in [-0.25, -0.2) is 0 Å². The van der Waals surface area contributed by atoms with Gasteiger partial charge in [0.1, 0.15) is 0 Å². The molecule has 0 spiro atoms. The third kappa shape index (κ3) is 2.51. The first kappa shape index (κ1) is 11.9. The van der Waals surface area contributed by atoms with E-state index >= 15 is 0 Å². The van der Waals surface area contributed by atoms with Crippen molar-refractivity contribution in [3.8, 4) is 0 Å². The van der Waals surface area contributed by atoms with E-state index in [4.69, 9.17) is 4.74 Å². The number of rotatable bonds is 3. The van der Waals surface area contributed by atoms with Crippen LogP contribution in [-0.4, -0.2) is 37.4 Å². The van der Waals surface area contributed by atoms with E-state index in [1.54, 1.807) is 0 Å². The standard InChI is InChI=1S/C14H26N2O/c1-10-12(7-9-17-10)16-14-5-2-4-11(14)13-6-3-8-15-13/h10-16H,2-9H2,1H3. The van der Waals surface area contributed by atoms with Gasteiger partial charge in [-0.1, -0.05) is 6.42 Å². The van der Waals surface area contributed by atoms with Crippen molar-refractivity contribution in [3.05, 3.63) is 0 Å². The summed E-state index contributed by atoms with van der Waals surface area (Å²) in [6.07, 6.45) is 8.55. The van der Waals surface area contributed by atoms with Crippen LogP contribution in [0.5, 0.6) is 0 Å². The molecule has 0 amide bonds. The SMILES string of the molecule is CC1OCCC1NC1CCCC1C1CCCN1. The van der Waals surface area contributed by atoms with Crippen LogP contribution >= 0.6 is 0 Å². The highest BCUT2D eigenvalue weighted by Crippen LogP contribution is 2.33. The summed E-state index contributed by atoms with van der Waals surface area (Å²) in [5.74, 6) is 0.866. The summed E-state index contributed by atoms with van der Waals surface area (Å²) in [7, 11) is 0. The van der Waals surface area contributed by atoms with Gasteiger partial charge in [0.05, 0.1) is 6.10 Å². The van der Waals surface area contributed by atoms with Crippen LogP contribution in [0, 0.1) is 5.92 Å². The van der Waals surface area contributed by atoms with Crippen LogP contribution in [0.25, 0.3) is 0 Å². The smallest absolute Gasteiger partial charge is 0.0700 e. The molecule has 3 fully saturated rings. The Labute approximate surface area is 105 Å². The minimum absolute atomic E-state index is 0.410. The number of ether oxygens (including phenoxy) is 1. The van der Waals surface area contributed by atoms with Crippen molar-refractivity contribution in [3.63, 3.8) is 0 Å². The fraction of sp³-hybridized carbons (Fsp3) is 1.00. The molecule has 3 rings (SSSR count). The van der Waals surface area contributed by atoms with E-state index < -0.39 is 0 Å². The Kier molecular flexibility index (Phi) is 3.69. The minimum atomic E-state index is 0.410. The van der Waals surface area contributed by atoms with Crippen molar-refractivity contribution in [1.82, 2.24) is 10.6 Å². The second-order valence-corrected chi connectivity index (χ2v) is 6.04. The first-order valence-electron chi connectivity index (χ1n) is 7.45. The lowest BCUT2D eigenvalue weighted by Gasteiger charge is -2.30. The molecule has 3 aliphatic rings. The Morgan fingerprint density at radius 1 is 1.06 bits per heavy atom. The molecule has 0 aromatic heterocycles. The van der Waals surface area contributed by atoms with Gasteiger partial charge in [0.2, 0.25) is 0 Å². The zero-order valence-corrected chi connectivity index (χ0v) is 11.0. The van der Waals surface area contributed by atoms with Gasteiger partial charge >= 0.3 is 0 Å². The number of hydrogen-bond donors (Lipinski definition) is 2. The molecule has 2 N–H and O–H groups in total. The number of hydrogen-bond acceptors (Lipinski definition) is 3. The zero-order chi connectivity index (χ0) is 11.7. The van der Waals surface area contributed by atoms with Crippen LogP contribution in [0.15, 0.2) is 0 Å². The Balaban J connectivity index is 1.57. The van der Waals surface area contributed by atoms with E-state index in [1.165, 1.54) is 45.1 Å². The van der Waals surface area contributed by atoms with Gasteiger partial charge in [-0.2, -0.15) is 0 Å². The van der Waals surface area contributed by atoms with E-state index in [-0.39, 0.29) is 0 Å². The average molecular weight is 238 g/mol. The maximum atomic E-state index is 5.66. The first-order chi connectivity index (χ1) is 8.34.